The minimum absolute atomic E-state index is 0.0121. The van der Waals surface area contributed by atoms with Crippen LogP contribution in [0.15, 0.2) is 24.3 Å². The minimum atomic E-state index is -0.592. The van der Waals surface area contributed by atoms with Gasteiger partial charge >= 0.3 is 0 Å². The smallest absolute Gasteiger partial charge is 0.244 e. The van der Waals surface area contributed by atoms with Gasteiger partial charge in [0.15, 0.2) is 0 Å². The summed E-state index contributed by atoms with van der Waals surface area (Å²) in [4.78, 5) is 21.0. The highest BCUT2D eigenvalue weighted by Gasteiger charge is 2.27. The number of nitrogens with zero attached hydrogens (tertiary/aromatic N) is 4. The van der Waals surface area contributed by atoms with Crippen LogP contribution in [0.4, 0.5) is 5.13 Å². The molecule has 1 saturated heterocycles. The molecular formula is C16H21N5OS. The molecule has 0 aliphatic carbocycles. The van der Waals surface area contributed by atoms with E-state index >= 15 is 0 Å². The summed E-state index contributed by atoms with van der Waals surface area (Å²) in [5.41, 5.74) is 8.17. The maximum Gasteiger partial charge on any atom is 0.244 e. The molecule has 1 aliphatic rings. The lowest BCUT2D eigenvalue weighted by molar-refractivity contribution is -0.133. The Morgan fingerprint density at radius 2 is 1.83 bits per heavy atom. The molecule has 2 heterocycles. The van der Waals surface area contributed by atoms with Crippen molar-refractivity contribution in [3.63, 3.8) is 0 Å². The van der Waals surface area contributed by atoms with E-state index in [-0.39, 0.29) is 5.91 Å². The van der Waals surface area contributed by atoms with Crippen molar-refractivity contribution in [1.29, 1.82) is 0 Å². The summed E-state index contributed by atoms with van der Waals surface area (Å²) < 4.78 is 4.21. The van der Waals surface area contributed by atoms with Gasteiger partial charge in [0.25, 0.3) is 0 Å². The third-order valence-electron chi connectivity index (χ3n) is 4.08. The molecular weight excluding hydrogens is 310 g/mol. The van der Waals surface area contributed by atoms with E-state index < -0.39 is 6.04 Å². The Labute approximate surface area is 140 Å². The van der Waals surface area contributed by atoms with E-state index in [4.69, 9.17) is 5.73 Å². The quantitative estimate of drug-likeness (QED) is 0.922. The second kappa shape index (κ2) is 6.64. The van der Waals surface area contributed by atoms with Crippen LogP contribution in [0.5, 0.6) is 0 Å². The zero-order valence-electron chi connectivity index (χ0n) is 13.4. The molecule has 1 atom stereocenters. The fourth-order valence-corrected chi connectivity index (χ4v) is 3.37. The van der Waals surface area contributed by atoms with Gasteiger partial charge in [-0.2, -0.15) is 4.37 Å². The average molecular weight is 331 g/mol. The molecule has 7 heteroatoms. The molecule has 1 aromatic heterocycles. The van der Waals surface area contributed by atoms with Crippen LogP contribution in [-0.4, -0.2) is 46.3 Å². The maximum atomic E-state index is 12.6. The molecule has 0 bridgehead atoms. The van der Waals surface area contributed by atoms with Gasteiger partial charge in [0, 0.05) is 37.7 Å². The highest BCUT2D eigenvalue weighted by Crippen LogP contribution is 2.20. The van der Waals surface area contributed by atoms with E-state index in [1.54, 1.807) is 0 Å². The zero-order chi connectivity index (χ0) is 16.4. The lowest BCUT2D eigenvalue weighted by atomic mass is 10.0. The number of carbonyl (C=O) groups excluding carboxylic acids is 1. The largest absolute Gasteiger partial charge is 0.343 e. The molecule has 1 aromatic carbocycles. The van der Waals surface area contributed by atoms with Crippen LogP contribution in [0.2, 0.25) is 0 Å². The van der Waals surface area contributed by atoms with Crippen LogP contribution in [-0.2, 0) is 4.79 Å². The number of anilines is 1. The predicted octanol–water partition coefficient (Wildman–Crippen LogP) is 1.50. The highest BCUT2D eigenvalue weighted by atomic mass is 32.1. The molecule has 1 aliphatic heterocycles. The van der Waals surface area contributed by atoms with E-state index in [1.807, 2.05) is 43.0 Å². The summed E-state index contributed by atoms with van der Waals surface area (Å²) in [5.74, 6) is 0.784. The van der Waals surface area contributed by atoms with Crippen molar-refractivity contribution < 1.29 is 4.79 Å². The first-order chi connectivity index (χ1) is 11.0. The van der Waals surface area contributed by atoms with Crippen molar-refractivity contribution >= 4 is 22.6 Å². The zero-order valence-corrected chi connectivity index (χ0v) is 14.2. The first-order valence-corrected chi connectivity index (χ1v) is 8.48. The molecule has 0 spiro atoms. The Morgan fingerprint density at radius 1 is 1.17 bits per heavy atom. The van der Waals surface area contributed by atoms with Crippen molar-refractivity contribution in [2.24, 2.45) is 5.73 Å². The van der Waals surface area contributed by atoms with Gasteiger partial charge < -0.3 is 15.5 Å². The SMILES string of the molecule is Cc1ccc(C(N)C(=O)N2CCN(c3nc(C)ns3)CC2)cc1. The number of piperazine rings is 1. The van der Waals surface area contributed by atoms with Crippen molar-refractivity contribution in [3.05, 3.63) is 41.2 Å². The number of carbonyl (C=O) groups is 1. The van der Waals surface area contributed by atoms with E-state index in [0.29, 0.717) is 13.1 Å². The number of rotatable bonds is 3. The number of hydrogen-bond acceptors (Lipinski definition) is 6. The molecule has 1 unspecified atom stereocenters. The number of benzene rings is 1. The lowest BCUT2D eigenvalue weighted by Crippen LogP contribution is -2.51. The molecule has 23 heavy (non-hydrogen) atoms. The number of hydrogen-bond donors (Lipinski definition) is 1. The van der Waals surface area contributed by atoms with Gasteiger partial charge in [0.1, 0.15) is 11.9 Å². The van der Waals surface area contributed by atoms with Gasteiger partial charge in [-0.25, -0.2) is 4.98 Å². The summed E-state index contributed by atoms with van der Waals surface area (Å²) >= 11 is 1.41. The van der Waals surface area contributed by atoms with Crippen LogP contribution in [0.25, 0.3) is 0 Å². The van der Waals surface area contributed by atoms with Crippen molar-refractivity contribution in [3.8, 4) is 0 Å². The van der Waals surface area contributed by atoms with Crippen molar-refractivity contribution in [2.45, 2.75) is 19.9 Å². The van der Waals surface area contributed by atoms with Crippen LogP contribution >= 0.6 is 11.5 Å². The van der Waals surface area contributed by atoms with Crippen LogP contribution < -0.4 is 10.6 Å². The summed E-state index contributed by atoms with van der Waals surface area (Å²) in [6.07, 6.45) is 0. The molecule has 2 aromatic rings. The normalized spacial score (nSPS) is 16.5. The fraction of sp³-hybridized carbons (Fsp3) is 0.438. The molecule has 122 valence electrons. The summed E-state index contributed by atoms with van der Waals surface area (Å²) in [5, 5.41) is 0.928. The topological polar surface area (TPSA) is 75.4 Å². The summed E-state index contributed by atoms with van der Waals surface area (Å²) in [6.45, 7) is 6.77. The minimum Gasteiger partial charge on any atom is -0.343 e. The van der Waals surface area contributed by atoms with E-state index in [0.717, 1.165) is 35.2 Å². The van der Waals surface area contributed by atoms with Crippen LogP contribution in [0, 0.1) is 13.8 Å². The molecule has 6 nitrogen and oxygen atoms in total. The Bertz CT molecular complexity index is 676. The monoisotopic (exact) mass is 331 g/mol. The van der Waals surface area contributed by atoms with Crippen LogP contribution in [0.1, 0.15) is 23.0 Å². The van der Waals surface area contributed by atoms with Gasteiger partial charge in [0.2, 0.25) is 11.0 Å². The second-order valence-corrected chi connectivity index (χ2v) is 6.56. The predicted molar refractivity (Wildman–Crippen MR) is 91.5 cm³/mol. The van der Waals surface area contributed by atoms with E-state index in [1.165, 1.54) is 11.5 Å². The number of nitrogens with two attached hydrogens (primary N) is 1. The van der Waals surface area contributed by atoms with Gasteiger partial charge in [-0.05, 0) is 19.4 Å². The van der Waals surface area contributed by atoms with Gasteiger partial charge in [-0.1, -0.05) is 29.8 Å². The van der Waals surface area contributed by atoms with E-state index in [9.17, 15) is 4.79 Å². The first-order valence-electron chi connectivity index (χ1n) is 7.71. The molecule has 2 N–H and O–H groups in total. The Morgan fingerprint density at radius 3 is 2.39 bits per heavy atom. The number of amides is 1. The van der Waals surface area contributed by atoms with Crippen molar-refractivity contribution in [2.75, 3.05) is 31.1 Å². The second-order valence-electron chi connectivity index (χ2n) is 5.82. The van der Waals surface area contributed by atoms with Gasteiger partial charge in [-0.3, -0.25) is 4.79 Å². The maximum absolute atomic E-state index is 12.6. The number of aryl methyl sites for hydroxylation is 2. The molecule has 0 radical (unpaired) electrons. The Kier molecular flexibility index (Phi) is 4.58. The third-order valence-corrected chi connectivity index (χ3v) is 4.95. The molecule has 1 fully saturated rings. The molecule has 3 rings (SSSR count). The average Bonchev–Trinajstić information content (AvgIpc) is 3.01. The van der Waals surface area contributed by atoms with E-state index in [2.05, 4.69) is 14.3 Å². The molecule has 0 saturated carbocycles. The fourth-order valence-electron chi connectivity index (χ4n) is 2.65. The van der Waals surface area contributed by atoms with Crippen LogP contribution in [0.3, 0.4) is 0 Å². The highest BCUT2D eigenvalue weighted by molar-refractivity contribution is 7.09. The lowest BCUT2D eigenvalue weighted by Gasteiger charge is -2.35. The standard InChI is InChI=1S/C16H21N5OS/c1-11-3-5-13(6-4-11)14(17)15(22)20-7-9-21(10-8-20)16-18-12(2)19-23-16/h3-6,14H,7-10,17H2,1-2H3. The Hall–Kier alpha value is -1.99. The Balaban J connectivity index is 1.60. The van der Waals surface area contributed by atoms with Gasteiger partial charge in [0.05, 0.1) is 0 Å². The van der Waals surface area contributed by atoms with Gasteiger partial charge in [-0.15, -0.1) is 0 Å². The summed E-state index contributed by atoms with van der Waals surface area (Å²) in [7, 11) is 0. The first kappa shape index (κ1) is 15.9. The van der Waals surface area contributed by atoms with Crippen molar-refractivity contribution in [1.82, 2.24) is 14.3 Å². The number of aromatic nitrogens is 2. The molecule has 1 amide bonds. The third kappa shape index (κ3) is 3.51. The summed E-state index contributed by atoms with van der Waals surface area (Å²) in [6, 6.07) is 7.23.